The first kappa shape index (κ1) is 16.1. The summed E-state index contributed by atoms with van der Waals surface area (Å²) in [7, 11) is 0. The summed E-state index contributed by atoms with van der Waals surface area (Å²) in [5, 5.41) is 1.01. The van der Waals surface area contributed by atoms with Crippen LogP contribution in [0.1, 0.15) is 43.5 Å². The zero-order valence-corrected chi connectivity index (χ0v) is 14.2. The fraction of sp³-hybridized carbons (Fsp3) is 0.600. The molecule has 0 amide bonds. The van der Waals surface area contributed by atoms with Crippen LogP contribution in [0.4, 0.5) is 5.82 Å². The van der Waals surface area contributed by atoms with Crippen LogP contribution in [0, 0.1) is 19.3 Å². The maximum Gasteiger partial charge on any atom is 0.158 e. The fourth-order valence-electron chi connectivity index (χ4n) is 2.00. The summed E-state index contributed by atoms with van der Waals surface area (Å²) in [5.74, 6) is 6.95. The van der Waals surface area contributed by atoms with Crippen molar-refractivity contribution in [1.82, 2.24) is 9.97 Å². The maximum atomic E-state index is 5.69. The molecule has 0 aliphatic heterocycles. The third-order valence-electron chi connectivity index (χ3n) is 3.44. The van der Waals surface area contributed by atoms with Crippen molar-refractivity contribution in [3.05, 3.63) is 16.3 Å². The number of hydrogen-bond acceptors (Lipinski definition) is 6. The second kappa shape index (κ2) is 6.25. The monoisotopic (exact) mass is 308 g/mol. The van der Waals surface area contributed by atoms with Gasteiger partial charge in [-0.3, -0.25) is 0 Å². The Morgan fingerprint density at radius 1 is 1.24 bits per heavy atom. The van der Waals surface area contributed by atoms with E-state index in [1.54, 1.807) is 11.3 Å². The average molecular weight is 308 g/mol. The molecule has 6 heteroatoms. The average Bonchev–Trinajstić information content (AvgIpc) is 2.68. The lowest BCUT2D eigenvalue weighted by molar-refractivity contribution is 0.0920. The van der Waals surface area contributed by atoms with Gasteiger partial charge >= 0.3 is 0 Å². The minimum absolute atomic E-state index is 0.275. The molecule has 2 aromatic rings. The Hall–Kier alpha value is -1.24. The summed E-state index contributed by atoms with van der Waals surface area (Å²) in [4.78, 5) is 11.2. The van der Waals surface area contributed by atoms with Crippen molar-refractivity contribution in [1.29, 1.82) is 0 Å². The second-order valence-corrected chi connectivity index (χ2v) is 7.66. The van der Waals surface area contributed by atoms with Gasteiger partial charge in [0.25, 0.3) is 0 Å². The van der Waals surface area contributed by atoms with Crippen LogP contribution >= 0.6 is 11.3 Å². The lowest BCUT2D eigenvalue weighted by Crippen LogP contribution is -2.13. The molecule has 0 aromatic carbocycles. The van der Waals surface area contributed by atoms with Gasteiger partial charge in [0.2, 0.25) is 0 Å². The molecule has 0 fully saturated rings. The highest BCUT2D eigenvalue weighted by Crippen LogP contribution is 2.32. The summed E-state index contributed by atoms with van der Waals surface area (Å²) < 4.78 is 5.69. The Kier molecular flexibility index (Phi) is 4.81. The Balaban J connectivity index is 2.14. The van der Waals surface area contributed by atoms with Crippen LogP contribution < -0.4 is 11.3 Å². The minimum atomic E-state index is 0.275. The summed E-state index contributed by atoms with van der Waals surface area (Å²) in [5.41, 5.74) is 4.14. The predicted octanol–water partition coefficient (Wildman–Crippen LogP) is 3.55. The molecule has 0 atom stereocenters. The Bertz CT molecular complexity index is 631. The van der Waals surface area contributed by atoms with E-state index >= 15 is 0 Å². The Morgan fingerprint density at radius 3 is 2.57 bits per heavy atom. The van der Waals surface area contributed by atoms with Crippen LogP contribution in [0.15, 0.2) is 0 Å². The van der Waals surface area contributed by atoms with Crippen LogP contribution in [0.3, 0.4) is 0 Å². The molecule has 0 spiro atoms. The highest BCUT2D eigenvalue weighted by Gasteiger charge is 2.14. The molecule has 116 valence electrons. The number of fused-ring (bicyclic) bond motifs is 1. The van der Waals surface area contributed by atoms with Crippen LogP contribution in [0.25, 0.3) is 10.2 Å². The first-order valence-electron chi connectivity index (χ1n) is 7.13. The molecule has 0 aliphatic carbocycles. The number of ether oxygens (including phenoxy) is 1. The highest BCUT2D eigenvalue weighted by molar-refractivity contribution is 7.18. The van der Waals surface area contributed by atoms with Crippen molar-refractivity contribution in [3.8, 4) is 0 Å². The van der Waals surface area contributed by atoms with Gasteiger partial charge in [-0.25, -0.2) is 15.8 Å². The van der Waals surface area contributed by atoms with Crippen LogP contribution in [0.2, 0.25) is 0 Å². The molecule has 0 aliphatic rings. The van der Waals surface area contributed by atoms with Crippen molar-refractivity contribution in [3.63, 3.8) is 0 Å². The molecule has 0 unspecified atom stereocenters. The predicted molar refractivity (Wildman–Crippen MR) is 88.4 cm³/mol. The van der Waals surface area contributed by atoms with Crippen LogP contribution in [-0.4, -0.2) is 16.6 Å². The lowest BCUT2D eigenvalue weighted by atomic mass is 9.93. The van der Waals surface area contributed by atoms with Gasteiger partial charge < -0.3 is 10.2 Å². The molecule has 0 saturated heterocycles. The minimum Gasteiger partial charge on any atom is -0.373 e. The number of hydrogen-bond donors (Lipinski definition) is 2. The number of thiophene rings is 1. The van der Waals surface area contributed by atoms with Gasteiger partial charge in [0.05, 0.1) is 5.39 Å². The molecule has 2 rings (SSSR count). The molecular formula is C15H24N4OS. The van der Waals surface area contributed by atoms with Crippen molar-refractivity contribution in [2.24, 2.45) is 11.3 Å². The zero-order valence-electron chi connectivity index (χ0n) is 13.4. The molecule has 3 N–H and O–H groups in total. The summed E-state index contributed by atoms with van der Waals surface area (Å²) >= 11 is 1.66. The van der Waals surface area contributed by atoms with E-state index in [4.69, 9.17) is 10.6 Å². The van der Waals surface area contributed by atoms with E-state index in [1.807, 2.05) is 0 Å². The van der Waals surface area contributed by atoms with Crippen molar-refractivity contribution in [2.45, 2.75) is 47.6 Å². The topological polar surface area (TPSA) is 73.1 Å². The normalized spacial score (nSPS) is 12.1. The summed E-state index contributed by atoms with van der Waals surface area (Å²) in [6.07, 6.45) is 1.01. The molecule has 0 saturated carbocycles. The number of aromatic nitrogens is 2. The number of nitrogen functional groups attached to an aromatic ring is 1. The number of aryl methyl sites for hydroxylation is 2. The van der Waals surface area contributed by atoms with Gasteiger partial charge in [0, 0.05) is 11.5 Å². The molecule has 2 heterocycles. The SMILES string of the molecule is Cc1sc2nc(COCCC(C)(C)C)nc(NN)c2c1C. The van der Waals surface area contributed by atoms with Gasteiger partial charge in [-0.15, -0.1) is 11.3 Å². The van der Waals surface area contributed by atoms with E-state index in [1.165, 1.54) is 10.4 Å². The third-order valence-corrected chi connectivity index (χ3v) is 4.54. The van der Waals surface area contributed by atoms with Crippen molar-refractivity contribution in [2.75, 3.05) is 12.0 Å². The summed E-state index contributed by atoms with van der Waals surface area (Å²) in [6.45, 7) is 11.9. The number of nitrogens with two attached hydrogens (primary N) is 1. The van der Waals surface area contributed by atoms with Gasteiger partial charge in [-0.05, 0) is 31.2 Å². The van der Waals surface area contributed by atoms with E-state index in [0.717, 1.165) is 16.6 Å². The van der Waals surface area contributed by atoms with Crippen LogP contribution in [0.5, 0.6) is 0 Å². The lowest BCUT2D eigenvalue weighted by Gasteiger charge is -2.17. The number of rotatable bonds is 5. The molecular weight excluding hydrogens is 284 g/mol. The third kappa shape index (κ3) is 3.90. The quantitative estimate of drug-likeness (QED) is 0.502. The highest BCUT2D eigenvalue weighted by atomic mass is 32.1. The Labute approximate surface area is 129 Å². The number of anilines is 1. The number of nitrogens with one attached hydrogen (secondary N) is 1. The van der Waals surface area contributed by atoms with Gasteiger partial charge in [-0.2, -0.15) is 0 Å². The standard InChI is InChI=1S/C15H24N4OS/c1-9-10(2)21-14-12(9)13(19-16)17-11(18-14)8-20-7-6-15(3,4)5/h6-8,16H2,1-5H3,(H,17,18,19). The van der Waals surface area contributed by atoms with E-state index in [9.17, 15) is 0 Å². The van der Waals surface area contributed by atoms with E-state index < -0.39 is 0 Å². The molecule has 21 heavy (non-hydrogen) atoms. The van der Waals surface area contributed by atoms with Gasteiger partial charge in [0.15, 0.2) is 11.6 Å². The molecule has 2 aromatic heterocycles. The Morgan fingerprint density at radius 2 is 1.95 bits per heavy atom. The van der Waals surface area contributed by atoms with Crippen LogP contribution in [-0.2, 0) is 11.3 Å². The fourth-order valence-corrected chi connectivity index (χ4v) is 3.05. The first-order chi connectivity index (χ1) is 9.81. The van der Waals surface area contributed by atoms with Gasteiger partial charge in [0.1, 0.15) is 11.4 Å². The molecule has 0 radical (unpaired) electrons. The molecule has 5 nitrogen and oxygen atoms in total. The zero-order chi connectivity index (χ0) is 15.6. The van der Waals surface area contributed by atoms with E-state index in [0.29, 0.717) is 24.9 Å². The largest absolute Gasteiger partial charge is 0.373 e. The van der Waals surface area contributed by atoms with Crippen molar-refractivity contribution < 1.29 is 4.74 Å². The second-order valence-electron chi connectivity index (χ2n) is 6.46. The number of hydrazine groups is 1. The van der Waals surface area contributed by atoms with E-state index in [-0.39, 0.29) is 5.41 Å². The smallest absolute Gasteiger partial charge is 0.158 e. The van der Waals surface area contributed by atoms with E-state index in [2.05, 4.69) is 50.0 Å². The summed E-state index contributed by atoms with van der Waals surface area (Å²) in [6, 6.07) is 0. The van der Waals surface area contributed by atoms with Gasteiger partial charge in [-0.1, -0.05) is 20.8 Å². The maximum absolute atomic E-state index is 5.69. The number of nitrogens with zero attached hydrogens (tertiary/aromatic N) is 2. The molecule has 0 bridgehead atoms. The first-order valence-corrected chi connectivity index (χ1v) is 7.94. The van der Waals surface area contributed by atoms with Crippen molar-refractivity contribution >= 4 is 27.4 Å².